The number of cyclic esters (lactones) is 1. The minimum Gasteiger partial charge on any atom is -0.453 e. The second-order valence-corrected chi connectivity index (χ2v) is 25.2. The highest BCUT2D eigenvalue weighted by Crippen LogP contribution is 2.25. The number of nitrogens with two attached hydrogens (primary N) is 3. The van der Waals surface area contributed by atoms with Crippen LogP contribution in [0.25, 0.3) is 0 Å². The van der Waals surface area contributed by atoms with Gasteiger partial charge in [0.2, 0.25) is 65.0 Å². The lowest BCUT2D eigenvalue weighted by Crippen LogP contribution is -2.64. The fourth-order valence-electron chi connectivity index (χ4n) is 9.67. The molecule has 1 aliphatic heterocycles. The van der Waals surface area contributed by atoms with Gasteiger partial charge in [-0.25, -0.2) is 4.79 Å². The number of benzene rings is 1. The maximum atomic E-state index is 15.5. The standard InChI is InChI=1S/C61H96N16O17/c1-11-31(6)41-55(89)75-42(32(7)79)54(88)68-27-40(80)73-44(47(82)49(63)83)57(91)72-39(28-78)59(93)94-48(34-18-13-12-14-19-34)45(77-53(87)38(24-33-17-15-21-66-26-33)70-50(84)35(62)25-61(8,9)10)58(92)76-43(46(81)30(4)5)56(90)71-37(23-29(2)3)52(86)69-36(51(85)74-41)20-16-22-67-60(64)65/h12-15,17-19,21,26,29-32,35-39,41-48,78-79,81-82H,11,16,20,22-25,27-28,62H2,1-10H3,(H2,63,83)(H,68,88)(H,69,86)(H,70,84)(H,71,90)(H,72,91)(H,73,80)(H,74,85)(H,75,89)(H,76,92)(H,77,87)(H4,64,65,67)/t31-,32-,35+,36+,37-,38-,39-,41-,42-,43-,44-,45-,46+,47-,48+/m0/s1. The van der Waals surface area contributed by atoms with Crippen molar-refractivity contribution >= 4 is 76.9 Å². The minimum atomic E-state index is -2.59. The van der Waals surface area contributed by atoms with Crippen molar-refractivity contribution in [2.75, 3.05) is 19.7 Å². The fourth-order valence-corrected chi connectivity index (χ4v) is 9.67. The van der Waals surface area contributed by atoms with E-state index in [1.54, 1.807) is 39.8 Å². The molecule has 1 aromatic carbocycles. The van der Waals surface area contributed by atoms with Crippen LogP contribution in [0.15, 0.2) is 54.9 Å². The van der Waals surface area contributed by atoms with Crippen LogP contribution in [0.1, 0.15) is 119 Å². The van der Waals surface area contributed by atoms with Crippen molar-refractivity contribution < 1.29 is 82.7 Å². The zero-order chi connectivity index (χ0) is 70.9. The van der Waals surface area contributed by atoms with Gasteiger partial charge in [-0.2, -0.15) is 0 Å². The molecule has 22 N–H and O–H groups in total. The van der Waals surface area contributed by atoms with Crippen LogP contribution in [0.3, 0.4) is 0 Å². The summed E-state index contributed by atoms with van der Waals surface area (Å²) in [5, 5.41) is 78.5. The Hall–Kier alpha value is -8.92. The molecule has 2 aromatic rings. The number of hydrogen-bond donors (Lipinski definition) is 19. The van der Waals surface area contributed by atoms with Crippen LogP contribution in [-0.2, 0) is 68.7 Å². The van der Waals surface area contributed by atoms with Crippen molar-refractivity contribution in [2.45, 2.75) is 193 Å². The molecule has 1 aliphatic rings. The lowest BCUT2D eigenvalue weighted by atomic mass is 9.88. The minimum absolute atomic E-state index is 0.00682. The Bertz CT molecular complexity index is 2940. The number of nitrogens with zero attached hydrogens (tertiary/aromatic N) is 1. The van der Waals surface area contributed by atoms with Gasteiger partial charge < -0.3 is 101 Å². The van der Waals surface area contributed by atoms with Crippen LogP contribution < -0.4 is 75.7 Å². The first-order valence-corrected chi connectivity index (χ1v) is 30.9. The zero-order valence-corrected chi connectivity index (χ0v) is 54.7. The summed E-state index contributed by atoms with van der Waals surface area (Å²) in [5.74, 6) is -17.3. The van der Waals surface area contributed by atoms with Gasteiger partial charge in [0.25, 0.3) is 0 Å². The van der Waals surface area contributed by atoms with E-state index in [0.717, 1.165) is 6.92 Å². The third-order valence-corrected chi connectivity index (χ3v) is 15.1. The number of primary amides is 1. The summed E-state index contributed by atoms with van der Waals surface area (Å²) in [6.45, 7) is 13.7. The number of carbonyl (C=O) groups excluding carboxylic acids is 12. The predicted octanol–water partition coefficient (Wildman–Crippen LogP) is -5.24. The van der Waals surface area contributed by atoms with E-state index < -0.39 is 198 Å². The number of nitrogens with one attached hydrogen (secondary N) is 12. The van der Waals surface area contributed by atoms with Gasteiger partial charge in [0.15, 0.2) is 24.2 Å². The van der Waals surface area contributed by atoms with Crippen molar-refractivity contribution in [3.05, 3.63) is 66.0 Å². The number of ether oxygens (including phenoxy) is 1. The topological polar surface area (TPSA) is 542 Å². The highest BCUT2D eigenvalue weighted by molar-refractivity contribution is 6.00. The smallest absolute Gasteiger partial charge is 0.331 e. The second-order valence-electron chi connectivity index (χ2n) is 25.2. The first-order valence-electron chi connectivity index (χ1n) is 30.9. The SMILES string of the molecule is CC[C@H](C)[C@@H]1NC(=O)[C@@H](CCCNC(=N)N)NC(=O)[C@H](CC(C)C)NC(=O)[C@H]([C@H](O)C(C)C)NC(=O)[C@@H](NC(=O)[C@H](Cc2cccnc2)NC(=O)[C@H](N)CC(C)(C)C)[C@@H](c2ccccc2)OC(=O)[C@H](CO)NC(=O)[C@H]([C@H](O)C(N)=O)NC(=O)CNC(=O)[C@H]([C@H](C)O)NC1=O. The van der Waals surface area contributed by atoms with Crippen molar-refractivity contribution in [3.8, 4) is 0 Å². The van der Waals surface area contributed by atoms with Gasteiger partial charge >= 0.3 is 5.97 Å². The Morgan fingerprint density at radius 1 is 0.723 bits per heavy atom. The number of aromatic nitrogens is 1. The van der Waals surface area contributed by atoms with Crippen LogP contribution in [0.2, 0.25) is 0 Å². The number of pyridine rings is 1. The first-order chi connectivity index (χ1) is 44.0. The fraction of sp³-hybridized carbons (Fsp3) is 0.607. The quantitative estimate of drug-likeness (QED) is 0.0227. The van der Waals surface area contributed by atoms with Crippen LogP contribution in [0, 0.1) is 28.6 Å². The zero-order valence-electron chi connectivity index (χ0n) is 54.7. The summed E-state index contributed by atoms with van der Waals surface area (Å²) in [7, 11) is 0. The van der Waals surface area contributed by atoms with Crippen LogP contribution in [0.5, 0.6) is 0 Å². The van der Waals surface area contributed by atoms with E-state index in [0.29, 0.717) is 5.56 Å². The molecule has 33 heteroatoms. The molecule has 0 spiro atoms. The number of aliphatic hydroxyl groups is 4. The third-order valence-electron chi connectivity index (χ3n) is 15.1. The van der Waals surface area contributed by atoms with Gasteiger partial charge in [0, 0.05) is 25.4 Å². The average molecular weight is 1330 g/mol. The van der Waals surface area contributed by atoms with Crippen LogP contribution in [0.4, 0.5) is 0 Å². The van der Waals surface area contributed by atoms with Crippen LogP contribution >= 0.6 is 0 Å². The molecule has 2 heterocycles. The third kappa shape index (κ3) is 25.5. The van der Waals surface area contributed by atoms with E-state index in [1.807, 2.05) is 31.4 Å². The Morgan fingerprint density at radius 3 is 1.86 bits per heavy atom. The summed E-state index contributed by atoms with van der Waals surface area (Å²) in [5.41, 5.74) is 17.0. The monoisotopic (exact) mass is 1320 g/mol. The number of guanidine groups is 1. The predicted molar refractivity (Wildman–Crippen MR) is 339 cm³/mol. The molecule has 0 saturated carbocycles. The number of hydrogen-bond acceptors (Lipinski definition) is 20. The molecule has 94 heavy (non-hydrogen) atoms. The Kier molecular flexibility index (Phi) is 31.8. The number of carbonyl (C=O) groups is 12. The molecule has 1 saturated heterocycles. The maximum absolute atomic E-state index is 15.5. The number of aliphatic hydroxyl groups excluding tert-OH is 4. The summed E-state index contributed by atoms with van der Waals surface area (Å²) in [6.07, 6.45) is -5.63. The Labute approximate surface area is 545 Å². The molecule has 0 bridgehead atoms. The van der Waals surface area contributed by atoms with E-state index in [-0.39, 0.29) is 50.6 Å². The lowest BCUT2D eigenvalue weighted by Gasteiger charge is -2.33. The molecule has 33 nitrogen and oxygen atoms in total. The van der Waals surface area contributed by atoms with Gasteiger partial charge in [-0.05, 0) is 73.0 Å². The van der Waals surface area contributed by atoms with Crippen molar-refractivity contribution in [1.29, 1.82) is 5.41 Å². The van der Waals surface area contributed by atoms with Crippen molar-refractivity contribution in [1.82, 2.24) is 63.5 Å². The number of rotatable bonds is 22. The average Bonchev–Trinajstić information content (AvgIpc) is 0.965. The maximum Gasteiger partial charge on any atom is 0.331 e. The highest BCUT2D eigenvalue weighted by atomic mass is 16.5. The molecular weight excluding hydrogens is 1230 g/mol. The van der Waals surface area contributed by atoms with Gasteiger partial charge in [0.05, 0.1) is 31.4 Å². The highest BCUT2D eigenvalue weighted by Gasteiger charge is 2.44. The normalized spacial score (nSPS) is 24.2. The van der Waals surface area contributed by atoms with Gasteiger partial charge in [-0.3, -0.25) is 63.1 Å². The molecular formula is C61H96N16O17. The van der Waals surface area contributed by atoms with E-state index in [9.17, 15) is 68.4 Å². The molecule has 11 amide bonds. The number of esters is 1. The molecule has 1 fully saturated rings. The van der Waals surface area contributed by atoms with Gasteiger partial charge in [-0.1, -0.05) is 105 Å². The molecule has 1 aromatic heterocycles. The molecule has 0 unspecified atom stereocenters. The van der Waals surface area contributed by atoms with E-state index in [1.165, 1.54) is 56.6 Å². The summed E-state index contributed by atoms with van der Waals surface area (Å²) in [4.78, 5) is 175. The van der Waals surface area contributed by atoms with Crippen molar-refractivity contribution in [2.24, 2.45) is 40.4 Å². The van der Waals surface area contributed by atoms with E-state index in [2.05, 4.69) is 52.8 Å². The summed E-state index contributed by atoms with van der Waals surface area (Å²) in [6, 6.07) is -8.10. The summed E-state index contributed by atoms with van der Waals surface area (Å²) >= 11 is 0. The van der Waals surface area contributed by atoms with Gasteiger partial charge in [-0.15, -0.1) is 0 Å². The summed E-state index contributed by atoms with van der Waals surface area (Å²) < 4.78 is 5.96. The molecule has 0 aliphatic carbocycles. The molecule has 0 radical (unpaired) electrons. The van der Waals surface area contributed by atoms with Crippen molar-refractivity contribution in [3.63, 3.8) is 0 Å². The lowest BCUT2D eigenvalue weighted by molar-refractivity contribution is -0.159. The molecule has 3 rings (SSSR count). The van der Waals surface area contributed by atoms with Gasteiger partial charge in [0.1, 0.15) is 48.3 Å². The van der Waals surface area contributed by atoms with Crippen LogP contribution in [-0.4, -0.2) is 201 Å². The number of amides is 11. The van der Waals surface area contributed by atoms with E-state index in [4.69, 9.17) is 27.3 Å². The first kappa shape index (κ1) is 79.3. The van der Waals surface area contributed by atoms with E-state index >= 15 is 9.59 Å². The Morgan fingerprint density at radius 2 is 1.31 bits per heavy atom. The Balaban J connectivity index is 2.44. The molecule has 522 valence electrons. The molecule has 15 atom stereocenters. The largest absolute Gasteiger partial charge is 0.453 e. The second kappa shape index (κ2) is 37.7.